The largest absolute Gasteiger partial charge is 0.337 e. The summed E-state index contributed by atoms with van der Waals surface area (Å²) in [6.07, 6.45) is 1.41. The van der Waals surface area contributed by atoms with Crippen molar-refractivity contribution in [1.82, 2.24) is 34.7 Å². The minimum Gasteiger partial charge on any atom is -0.337 e. The lowest BCUT2D eigenvalue weighted by Crippen LogP contribution is -2.21. The first-order valence-corrected chi connectivity index (χ1v) is 9.02. The highest BCUT2D eigenvalue weighted by Crippen LogP contribution is 2.24. The van der Waals surface area contributed by atoms with Crippen molar-refractivity contribution in [3.8, 4) is 17.1 Å². The van der Waals surface area contributed by atoms with Crippen molar-refractivity contribution in [2.75, 3.05) is 0 Å². The molecule has 0 N–H and O–H groups in total. The summed E-state index contributed by atoms with van der Waals surface area (Å²) in [5, 5.41) is 12.5. The first kappa shape index (κ1) is 17.3. The number of hydrogen-bond acceptors (Lipinski definition) is 7. The molecule has 0 radical (unpaired) electrons. The Labute approximate surface area is 168 Å². The van der Waals surface area contributed by atoms with E-state index in [2.05, 4.69) is 25.4 Å². The topological polar surface area (TPSA) is 105 Å². The second-order valence-electron chi connectivity index (χ2n) is 6.18. The number of aromatic nitrogens is 7. The van der Waals surface area contributed by atoms with Gasteiger partial charge in [-0.3, -0.25) is 9.36 Å². The highest BCUT2D eigenvalue weighted by molar-refractivity contribution is 6.33. The summed E-state index contributed by atoms with van der Waals surface area (Å²) in [4.78, 5) is 21.5. The van der Waals surface area contributed by atoms with Crippen LogP contribution < -0.4 is 5.56 Å². The van der Waals surface area contributed by atoms with Gasteiger partial charge in [0, 0.05) is 5.56 Å². The van der Waals surface area contributed by atoms with Gasteiger partial charge in [0.1, 0.15) is 12.9 Å². The molecule has 0 spiro atoms. The molecule has 0 aliphatic heterocycles. The van der Waals surface area contributed by atoms with Crippen LogP contribution in [0.3, 0.4) is 0 Å². The van der Waals surface area contributed by atoms with E-state index in [9.17, 15) is 4.79 Å². The van der Waals surface area contributed by atoms with Crippen LogP contribution in [-0.4, -0.2) is 34.7 Å². The van der Waals surface area contributed by atoms with Crippen LogP contribution in [0.25, 0.3) is 28.2 Å². The van der Waals surface area contributed by atoms with Crippen molar-refractivity contribution < 1.29 is 4.52 Å². The maximum Gasteiger partial charge on any atom is 0.284 e. The summed E-state index contributed by atoms with van der Waals surface area (Å²) in [7, 11) is 0. The molecule has 10 heteroatoms. The van der Waals surface area contributed by atoms with Crippen LogP contribution in [0.4, 0.5) is 0 Å². The lowest BCUT2D eigenvalue weighted by molar-refractivity contribution is 0.369. The first-order valence-electron chi connectivity index (χ1n) is 8.64. The summed E-state index contributed by atoms with van der Waals surface area (Å²) >= 11 is 6.17. The Balaban J connectivity index is 1.49. The van der Waals surface area contributed by atoms with Gasteiger partial charge in [0.25, 0.3) is 5.56 Å². The number of benzene rings is 2. The van der Waals surface area contributed by atoms with Gasteiger partial charge in [-0.1, -0.05) is 52.3 Å². The third-order valence-electron chi connectivity index (χ3n) is 4.32. The fraction of sp³-hybridized carbons (Fsp3) is 0.0526. The van der Waals surface area contributed by atoms with Crippen LogP contribution >= 0.6 is 11.6 Å². The molecule has 0 bridgehead atoms. The number of para-hydroxylation sites is 1. The molecule has 5 aromatic rings. The highest BCUT2D eigenvalue weighted by Gasteiger charge is 2.16. The van der Waals surface area contributed by atoms with Crippen LogP contribution in [0.2, 0.25) is 5.02 Å². The third kappa shape index (κ3) is 3.07. The molecule has 0 saturated carbocycles. The van der Waals surface area contributed by atoms with Crippen molar-refractivity contribution in [3.63, 3.8) is 0 Å². The summed E-state index contributed by atoms with van der Waals surface area (Å²) in [5.74, 6) is 0.598. The fourth-order valence-corrected chi connectivity index (χ4v) is 3.14. The summed E-state index contributed by atoms with van der Waals surface area (Å²) < 4.78 is 8.13. The van der Waals surface area contributed by atoms with Crippen molar-refractivity contribution >= 4 is 22.8 Å². The molecular formula is C19H12ClN7O2. The predicted octanol–water partition coefficient (Wildman–Crippen LogP) is 2.73. The zero-order valence-corrected chi connectivity index (χ0v) is 15.6. The lowest BCUT2D eigenvalue weighted by atomic mass is 10.2. The van der Waals surface area contributed by atoms with E-state index in [0.717, 1.165) is 5.69 Å². The van der Waals surface area contributed by atoms with Gasteiger partial charge in [0.15, 0.2) is 11.2 Å². The van der Waals surface area contributed by atoms with E-state index < -0.39 is 0 Å². The minimum atomic E-state index is -0.352. The number of halogens is 1. The van der Waals surface area contributed by atoms with Gasteiger partial charge in [-0.25, -0.2) is 4.98 Å². The van der Waals surface area contributed by atoms with E-state index in [-0.39, 0.29) is 23.5 Å². The van der Waals surface area contributed by atoms with Gasteiger partial charge in [0.05, 0.1) is 10.7 Å². The fourth-order valence-electron chi connectivity index (χ4n) is 2.92. The minimum absolute atomic E-state index is 0.0530. The van der Waals surface area contributed by atoms with Crippen molar-refractivity contribution in [2.45, 2.75) is 6.54 Å². The zero-order valence-electron chi connectivity index (χ0n) is 14.8. The molecule has 9 nitrogen and oxygen atoms in total. The second kappa shape index (κ2) is 6.95. The Bertz CT molecular complexity index is 1370. The molecule has 5 rings (SSSR count). The molecule has 3 aromatic heterocycles. The molecule has 0 fully saturated rings. The Morgan fingerprint density at radius 3 is 2.66 bits per heavy atom. The standard InChI is InChI=1S/C19H12ClN7O2/c20-14-9-5-4-8-13(14)17-22-15(29-24-17)10-26-11-21-18-16(19(26)28)23-25-27(18)12-6-2-1-3-7-12/h1-9,11H,10H2. The number of nitrogens with zero attached hydrogens (tertiary/aromatic N) is 7. The predicted molar refractivity (Wildman–Crippen MR) is 105 cm³/mol. The van der Waals surface area contributed by atoms with E-state index >= 15 is 0 Å². The Kier molecular flexibility index (Phi) is 4.14. The molecule has 0 saturated heterocycles. The van der Waals surface area contributed by atoms with Crippen LogP contribution in [0, 0.1) is 0 Å². The SMILES string of the molecule is O=c1c2nnn(-c3ccccc3)c2ncn1Cc1nc(-c2ccccc2Cl)no1. The van der Waals surface area contributed by atoms with Gasteiger partial charge in [-0.05, 0) is 24.3 Å². The first-order chi connectivity index (χ1) is 14.2. The molecule has 142 valence electrons. The maximum absolute atomic E-state index is 12.8. The lowest BCUT2D eigenvalue weighted by Gasteiger charge is -2.02. The smallest absolute Gasteiger partial charge is 0.284 e. The molecule has 3 heterocycles. The normalized spacial score (nSPS) is 11.2. The average molecular weight is 406 g/mol. The Hall–Kier alpha value is -3.85. The number of rotatable bonds is 4. The highest BCUT2D eigenvalue weighted by atomic mass is 35.5. The van der Waals surface area contributed by atoms with Gasteiger partial charge < -0.3 is 4.52 Å². The monoisotopic (exact) mass is 405 g/mol. The van der Waals surface area contributed by atoms with Crippen molar-refractivity contribution in [2.24, 2.45) is 0 Å². The summed E-state index contributed by atoms with van der Waals surface area (Å²) in [5.41, 5.74) is 1.59. The van der Waals surface area contributed by atoms with Gasteiger partial charge in [-0.15, -0.1) is 5.10 Å². The van der Waals surface area contributed by atoms with E-state index in [1.807, 2.05) is 42.5 Å². The van der Waals surface area contributed by atoms with Crippen LogP contribution in [0.15, 0.2) is 70.2 Å². The number of hydrogen-bond donors (Lipinski definition) is 0. The van der Waals surface area contributed by atoms with E-state index in [1.165, 1.54) is 15.6 Å². The molecular weight excluding hydrogens is 394 g/mol. The van der Waals surface area contributed by atoms with Gasteiger partial charge in [0.2, 0.25) is 11.7 Å². The summed E-state index contributed by atoms with van der Waals surface area (Å²) in [6, 6.07) is 16.5. The van der Waals surface area contributed by atoms with Gasteiger partial charge in [-0.2, -0.15) is 9.67 Å². The van der Waals surface area contributed by atoms with Crippen LogP contribution in [0.1, 0.15) is 5.89 Å². The average Bonchev–Trinajstić information content (AvgIpc) is 3.39. The van der Waals surface area contributed by atoms with Crippen LogP contribution in [0.5, 0.6) is 0 Å². The van der Waals surface area contributed by atoms with E-state index in [4.69, 9.17) is 16.1 Å². The number of fused-ring (bicyclic) bond motifs is 1. The molecule has 29 heavy (non-hydrogen) atoms. The third-order valence-corrected chi connectivity index (χ3v) is 4.65. The molecule has 0 amide bonds. The molecule has 2 aromatic carbocycles. The molecule has 0 unspecified atom stereocenters. The van der Waals surface area contributed by atoms with Gasteiger partial charge >= 0.3 is 0 Å². The zero-order chi connectivity index (χ0) is 19.8. The van der Waals surface area contributed by atoms with Crippen molar-refractivity contribution in [1.29, 1.82) is 0 Å². The Morgan fingerprint density at radius 2 is 1.83 bits per heavy atom. The maximum atomic E-state index is 12.8. The molecule has 0 atom stereocenters. The second-order valence-corrected chi connectivity index (χ2v) is 6.59. The van der Waals surface area contributed by atoms with E-state index in [1.54, 1.807) is 12.1 Å². The van der Waals surface area contributed by atoms with Crippen molar-refractivity contribution in [3.05, 3.63) is 82.2 Å². The Morgan fingerprint density at radius 1 is 1.03 bits per heavy atom. The summed E-state index contributed by atoms with van der Waals surface area (Å²) in [6.45, 7) is 0.0530. The van der Waals surface area contributed by atoms with Crippen LogP contribution in [-0.2, 0) is 6.54 Å². The molecule has 0 aliphatic carbocycles. The quantitative estimate of drug-likeness (QED) is 0.452. The van der Waals surface area contributed by atoms with E-state index in [0.29, 0.717) is 22.1 Å². The molecule has 0 aliphatic rings.